The first-order valence-corrected chi connectivity index (χ1v) is 8.20. The normalized spacial score (nSPS) is 13.6. The molecule has 1 aromatic carbocycles. The van der Waals surface area contributed by atoms with E-state index in [9.17, 15) is 4.79 Å². The summed E-state index contributed by atoms with van der Waals surface area (Å²) in [6, 6.07) is 8.53. The monoisotopic (exact) mass is 314 g/mol. The van der Waals surface area contributed by atoms with Crippen molar-refractivity contribution in [2.24, 2.45) is 7.05 Å². The fraction of sp³-hybridized carbons (Fsp3) is 0.500. The predicted molar refractivity (Wildman–Crippen MR) is 91.3 cm³/mol. The maximum absolute atomic E-state index is 12.2. The minimum absolute atomic E-state index is 0.0751. The Morgan fingerprint density at radius 1 is 1.22 bits per heavy atom. The van der Waals surface area contributed by atoms with Crippen molar-refractivity contribution >= 4 is 5.91 Å². The van der Waals surface area contributed by atoms with Gasteiger partial charge in [0.15, 0.2) is 0 Å². The highest BCUT2D eigenvalue weighted by Gasteiger charge is 2.15. The molecule has 2 atom stereocenters. The number of nitrogens with zero attached hydrogens (tertiary/aromatic N) is 3. The predicted octanol–water partition coefficient (Wildman–Crippen LogP) is 2.79. The van der Waals surface area contributed by atoms with Crippen LogP contribution in [-0.2, 0) is 18.3 Å². The van der Waals surface area contributed by atoms with Crippen LogP contribution in [0.2, 0.25) is 0 Å². The van der Waals surface area contributed by atoms with E-state index in [-0.39, 0.29) is 17.7 Å². The topological polar surface area (TPSA) is 59.8 Å². The van der Waals surface area contributed by atoms with Gasteiger partial charge in [-0.05, 0) is 23.5 Å². The van der Waals surface area contributed by atoms with Crippen LogP contribution in [0, 0.1) is 0 Å². The molecule has 0 radical (unpaired) electrons. The Morgan fingerprint density at radius 3 is 2.48 bits per heavy atom. The zero-order chi connectivity index (χ0) is 16.8. The molecule has 23 heavy (non-hydrogen) atoms. The summed E-state index contributed by atoms with van der Waals surface area (Å²) in [4.78, 5) is 12.2. The van der Waals surface area contributed by atoms with Gasteiger partial charge >= 0.3 is 0 Å². The summed E-state index contributed by atoms with van der Waals surface area (Å²) in [6.07, 6.45) is 3.21. The third-order valence-electron chi connectivity index (χ3n) is 4.24. The average molecular weight is 314 g/mol. The molecule has 1 aromatic heterocycles. The second-order valence-electron chi connectivity index (χ2n) is 6.21. The molecular weight excluding hydrogens is 288 g/mol. The largest absolute Gasteiger partial charge is 0.355 e. The fourth-order valence-electron chi connectivity index (χ4n) is 2.65. The molecule has 2 aromatic rings. The van der Waals surface area contributed by atoms with Gasteiger partial charge in [0.05, 0.1) is 0 Å². The van der Waals surface area contributed by atoms with Crippen LogP contribution in [0.3, 0.4) is 0 Å². The van der Waals surface area contributed by atoms with Crippen LogP contribution in [0.4, 0.5) is 0 Å². The highest BCUT2D eigenvalue weighted by atomic mass is 16.1. The van der Waals surface area contributed by atoms with E-state index in [2.05, 4.69) is 53.6 Å². The van der Waals surface area contributed by atoms with Crippen molar-refractivity contribution in [3.05, 3.63) is 47.5 Å². The Morgan fingerprint density at radius 2 is 1.91 bits per heavy atom. The molecule has 1 N–H and O–H groups in total. The van der Waals surface area contributed by atoms with E-state index < -0.39 is 0 Å². The fourth-order valence-corrected chi connectivity index (χ4v) is 2.65. The zero-order valence-electron chi connectivity index (χ0n) is 14.4. The van der Waals surface area contributed by atoms with Crippen molar-refractivity contribution in [2.45, 2.75) is 45.4 Å². The Labute approximate surface area is 138 Å². The summed E-state index contributed by atoms with van der Waals surface area (Å²) in [5.74, 6) is 1.32. The first-order chi connectivity index (χ1) is 11.0. The van der Waals surface area contributed by atoms with E-state index in [1.807, 2.05) is 18.5 Å². The minimum atomic E-state index is 0.0751. The number of rotatable bonds is 7. The number of nitrogens with one attached hydrogen (secondary N) is 1. The number of carbonyl (C=O) groups is 1. The van der Waals surface area contributed by atoms with Gasteiger partial charge in [-0.3, -0.25) is 4.79 Å². The minimum Gasteiger partial charge on any atom is -0.355 e. The van der Waals surface area contributed by atoms with Crippen molar-refractivity contribution in [3.8, 4) is 0 Å². The summed E-state index contributed by atoms with van der Waals surface area (Å²) in [7, 11) is 1.91. The van der Waals surface area contributed by atoms with E-state index in [1.54, 1.807) is 6.33 Å². The Bertz CT molecular complexity index is 633. The molecule has 0 fully saturated rings. The number of benzene rings is 1. The lowest BCUT2D eigenvalue weighted by Gasteiger charge is -2.15. The average Bonchev–Trinajstić information content (AvgIpc) is 2.98. The van der Waals surface area contributed by atoms with Crippen LogP contribution in [0.5, 0.6) is 0 Å². The summed E-state index contributed by atoms with van der Waals surface area (Å²) in [5.41, 5.74) is 2.53. The Hall–Kier alpha value is -2.17. The number of aryl methyl sites for hydroxylation is 2. The molecule has 0 aliphatic rings. The molecule has 0 saturated heterocycles. The van der Waals surface area contributed by atoms with Gasteiger partial charge in [0.1, 0.15) is 12.2 Å². The van der Waals surface area contributed by atoms with Gasteiger partial charge in [0.25, 0.3) is 0 Å². The van der Waals surface area contributed by atoms with Gasteiger partial charge in [-0.15, -0.1) is 10.2 Å². The zero-order valence-corrected chi connectivity index (χ0v) is 14.4. The molecule has 1 heterocycles. The van der Waals surface area contributed by atoms with Gasteiger partial charge in [0.2, 0.25) is 5.91 Å². The molecular formula is C18H26N4O. The lowest BCUT2D eigenvalue weighted by Crippen LogP contribution is -2.29. The van der Waals surface area contributed by atoms with Crippen LogP contribution >= 0.6 is 0 Å². The smallest absolute Gasteiger partial charge is 0.220 e. The molecule has 124 valence electrons. The maximum atomic E-state index is 12.2. The standard InChI is InChI=1S/C18H26N4O/c1-5-15-6-8-16(9-7-15)13(2)10-17(23)19-11-14(3)18-21-20-12-22(18)4/h6-9,12-14H,5,10-11H2,1-4H3,(H,19,23)/t13-,14+/m1/s1. The molecule has 0 aliphatic carbocycles. The summed E-state index contributed by atoms with van der Waals surface area (Å²) in [6.45, 7) is 6.85. The lowest BCUT2D eigenvalue weighted by atomic mass is 9.96. The molecule has 0 bridgehead atoms. The lowest BCUT2D eigenvalue weighted by molar-refractivity contribution is -0.121. The SMILES string of the molecule is CCc1ccc([C@H](C)CC(=O)NC[C@H](C)c2nncn2C)cc1. The quantitative estimate of drug-likeness (QED) is 0.855. The summed E-state index contributed by atoms with van der Waals surface area (Å²) < 4.78 is 1.88. The van der Waals surface area contributed by atoms with E-state index >= 15 is 0 Å². The summed E-state index contributed by atoms with van der Waals surface area (Å²) >= 11 is 0. The summed E-state index contributed by atoms with van der Waals surface area (Å²) in [5, 5.41) is 11.0. The molecule has 2 rings (SSSR count). The Kier molecular flexibility index (Phi) is 5.90. The number of carbonyl (C=O) groups excluding carboxylic acids is 1. The number of aromatic nitrogens is 3. The molecule has 0 saturated carbocycles. The van der Waals surface area contributed by atoms with E-state index in [4.69, 9.17) is 0 Å². The van der Waals surface area contributed by atoms with Crippen LogP contribution in [0.15, 0.2) is 30.6 Å². The van der Waals surface area contributed by atoms with Crippen molar-refractivity contribution in [1.82, 2.24) is 20.1 Å². The van der Waals surface area contributed by atoms with Crippen LogP contribution in [0.25, 0.3) is 0 Å². The number of hydrogen-bond donors (Lipinski definition) is 1. The van der Waals surface area contributed by atoms with E-state index in [1.165, 1.54) is 11.1 Å². The van der Waals surface area contributed by atoms with E-state index in [0.717, 1.165) is 12.2 Å². The molecule has 1 amide bonds. The first-order valence-electron chi connectivity index (χ1n) is 8.20. The van der Waals surface area contributed by atoms with Gasteiger partial charge < -0.3 is 9.88 Å². The first kappa shape index (κ1) is 17.2. The van der Waals surface area contributed by atoms with Gasteiger partial charge in [0, 0.05) is 25.9 Å². The van der Waals surface area contributed by atoms with Gasteiger partial charge in [-0.25, -0.2) is 0 Å². The molecule has 5 heteroatoms. The maximum Gasteiger partial charge on any atom is 0.220 e. The molecule has 0 unspecified atom stereocenters. The van der Waals surface area contributed by atoms with Gasteiger partial charge in [-0.2, -0.15) is 0 Å². The van der Waals surface area contributed by atoms with Crippen molar-refractivity contribution in [3.63, 3.8) is 0 Å². The number of amides is 1. The van der Waals surface area contributed by atoms with E-state index in [0.29, 0.717) is 13.0 Å². The highest BCUT2D eigenvalue weighted by Crippen LogP contribution is 2.20. The third kappa shape index (κ3) is 4.65. The second-order valence-corrected chi connectivity index (χ2v) is 6.21. The van der Waals surface area contributed by atoms with Crippen LogP contribution in [0.1, 0.15) is 56.0 Å². The van der Waals surface area contributed by atoms with Crippen LogP contribution in [-0.4, -0.2) is 27.2 Å². The molecule has 0 aliphatic heterocycles. The highest BCUT2D eigenvalue weighted by molar-refractivity contribution is 5.76. The van der Waals surface area contributed by atoms with Crippen LogP contribution < -0.4 is 5.32 Å². The van der Waals surface area contributed by atoms with Crippen molar-refractivity contribution < 1.29 is 4.79 Å². The molecule has 5 nitrogen and oxygen atoms in total. The van der Waals surface area contributed by atoms with Crippen molar-refractivity contribution in [2.75, 3.05) is 6.54 Å². The number of hydrogen-bond acceptors (Lipinski definition) is 3. The molecule has 0 spiro atoms. The van der Waals surface area contributed by atoms with Gasteiger partial charge in [-0.1, -0.05) is 45.0 Å². The second kappa shape index (κ2) is 7.90. The third-order valence-corrected chi connectivity index (χ3v) is 4.24. The van der Waals surface area contributed by atoms with Crippen molar-refractivity contribution in [1.29, 1.82) is 0 Å². The Balaban J connectivity index is 1.83.